The van der Waals surface area contributed by atoms with Crippen LogP contribution in [0.25, 0.3) is 21.8 Å². The predicted octanol–water partition coefficient (Wildman–Crippen LogP) is 0.0840. The van der Waals surface area contributed by atoms with E-state index in [2.05, 4.69) is 30.8 Å². The Hall–Kier alpha value is -3.50. The van der Waals surface area contributed by atoms with Gasteiger partial charge in [-0.2, -0.15) is 0 Å². The Morgan fingerprint density at radius 1 is 1.07 bits per heavy atom. The molecule has 1 atom stereocenters. The minimum atomic E-state index is -0.212. The molecule has 0 saturated heterocycles. The molecule has 1 saturated carbocycles. The zero-order chi connectivity index (χ0) is 18.5. The molecule has 0 N–H and O–H groups in total. The summed E-state index contributed by atoms with van der Waals surface area (Å²) in [5, 5.41) is 20.0. The normalized spacial score (nSPS) is 15.4. The highest BCUT2D eigenvalue weighted by molar-refractivity contribution is 5.93. The van der Waals surface area contributed by atoms with Crippen molar-refractivity contribution in [3.63, 3.8) is 0 Å². The van der Waals surface area contributed by atoms with Gasteiger partial charge in [-0.15, -0.1) is 10.2 Å². The van der Waals surface area contributed by atoms with E-state index in [1.54, 1.807) is 16.8 Å². The van der Waals surface area contributed by atoms with Crippen molar-refractivity contribution >= 4 is 21.8 Å². The molecule has 5 rings (SSSR count). The minimum absolute atomic E-state index is 0.137. The van der Waals surface area contributed by atoms with Gasteiger partial charge in [0.15, 0.2) is 0 Å². The van der Waals surface area contributed by atoms with Gasteiger partial charge in [0.1, 0.15) is 11.8 Å². The first-order valence-corrected chi connectivity index (χ1v) is 8.62. The van der Waals surface area contributed by atoms with Crippen LogP contribution in [0.15, 0.2) is 34.4 Å². The second kappa shape index (κ2) is 5.76. The maximum Gasteiger partial charge on any atom is 0.277 e. The first-order valence-electron chi connectivity index (χ1n) is 8.62. The molecule has 0 amide bonds. The smallest absolute Gasteiger partial charge is 0.277 e. The van der Waals surface area contributed by atoms with Crippen molar-refractivity contribution in [2.75, 3.05) is 0 Å². The van der Waals surface area contributed by atoms with Crippen molar-refractivity contribution in [2.24, 2.45) is 0 Å². The molecule has 3 aromatic heterocycles. The molecule has 1 unspecified atom stereocenters. The maximum atomic E-state index is 12.9. The summed E-state index contributed by atoms with van der Waals surface area (Å²) >= 11 is 0. The number of tetrazole rings is 1. The van der Waals surface area contributed by atoms with Crippen LogP contribution in [0.5, 0.6) is 0 Å². The van der Waals surface area contributed by atoms with E-state index in [4.69, 9.17) is 0 Å². The summed E-state index contributed by atoms with van der Waals surface area (Å²) < 4.78 is 4.49. The van der Waals surface area contributed by atoms with Crippen molar-refractivity contribution in [2.45, 2.75) is 38.4 Å². The molecule has 27 heavy (non-hydrogen) atoms. The Balaban J connectivity index is 1.63. The van der Waals surface area contributed by atoms with E-state index in [0.29, 0.717) is 28.4 Å². The largest absolute Gasteiger partial charge is 0.294 e. The molecule has 1 fully saturated rings. The number of nitrogens with zero attached hydrogens (tertiary/aromatic N) is 9. The minimum Gasteiger partial charge on any atom is -0.294 e. The van der Waals surface area contributed by atoms with Crippen molar-refractivity contribution < 1.29 is 0 Å². The van der Waals surface area contributed by atoms with E-state index in [0.717, 1.165) is 12.8 Å². The van der Waals surface area contributed by atoms with Gasteiger partial charge in [0.25, 0.3) is 11.1 Å². The predicted molar refractivity (Wildman–Crippen MR) is 94.2 cm³/mol. The highest BCUT2D eigenvalue weighted by atomic mass is 16.1. The van der Waals surface area contributed by atoms with Gasteiger partial charge in [-0.3, -0.25) is 14.2 Å². The Labute approximate surface area is 151 Å². The zero-order valence-electron chi connectivity index (χ0n) is 14.4. The number of fused-ring (bicyclic) bond motifs is 2. The summed E-state index contributed by atoms with van der Waals surface area (Å²) in [6, 6.07) is 3.14. The topological polar surface area (TPSA) is 126 Å². The van der Waals surface area contributed by atoms with Crippen LogP contribution in [0.3, 0.4) is 0 Å². The Kier molecular flexibility index (Phi) is 3.35. The summed E-state index contributed by atoms with van der Waals surface area (Å²) in [6.45, 7) is 2.31. The molecular weight excluding hydrogens is 350 g/mol. The Bertz CT molecular complexity index is 1270. The van der Waals surface area contributed by atoms with Gasteiger partial charge < -0.3 is 0 Å². The molecule has 1 aliphatic rings. The first-order chi connectivity index (χ1) is 13.1. The molecule has 11 heteroatoms. The molecule has 1 aromatic carbocycles. The molecule has 0 aliphatic heterocycles. The molecule has 3 heterocycles. The lowest BCUT2D eigenvalue weighted by atomic mass is 10.1. The van der Waals surface area contributed by atoms with Crippen molar-refractivity contribution in [1.29, 1.82) is 0 Å². The van der Waals surface area contributed by atoms with Gasteiger partial charge in [0, 0.05) is 0 Å². The molecular formula is C16H15N9O2. The van der Waals surface area contributed by atoms with E-state index >= 15 is 0 Å². The van der Waals surface area contributed by atoms with Gasteiger partial charge in [-0.25, -0.2) is 14.3 Å². The van der Waals surface area contributed by atoms with Crippen LogP contribution in [0.2, 0.25) is 0 Å². The highest BCUT2D eigenvalue weighted by Crippen LogP contribution is 2.32. The third-order valence-corrected chi connectivity index (χ3v) is 4.80. The average molecular weight is 365 g/mol. The van der Waals surface area contributed by atoms with Crippen LogP contribution in [0.4, 0.5) is 0 Å². The zero-order valence-corrected chi connectivity index (χ0v) is 14.4. The van der Waals surface area contributed by atoms with Crippen LogP contribution in [-0.2, 0) is 6.54 Å². The fourth-order valence-corrected chi connectivity index (χ4v) is 3.18. The number of aromatic nitrogens is 9. The van der Waals surface area contributed by atoms with Gasteiger partial charge in [-0.1, -0.05) is 5.21 Å². The van der Waals surface area contributed by atoms with E-state index < -0.39 is 0 Å². The monoisotopic (exact) mass is 365 g/mol. The lowest BCUT2D eigenvalue weighted by Gasteiger charge is -2.14. The van der Waals surface area contributed by atoms with E-state index in [9.17, 15) is 9.59 Å². The lowest BCUT2D eigenvalue weighted by Crippen LogP contribution is -2.27. The van der Waals surface area contributed by atoms with Crippen molar-refractivity contribution in [1.82, 2.24) is 44.8 Å². The Morgan fingerprint density at radius 2 is 1.85 bits per heavy atom. The van der Waals surface area contributed by atoms with Gasteiger partial charge in [0.2, 0.25) is 0 Å². The second-order valence-corrected chi connectivity index (χ2v) is 6.79. The summed E-state index contributed by atoms with van der Waals surface area (Å²) in [5.74, 6) is 0. The fourth-order valence-electron chi connectivity index (χ4n) is 3.18. The fraction of sp³-hybridized carbons (Fsp3) is 0.375. The second-order valence-electron chi connectivity index (χ2n) is 6.79. The third kappa shape index (κ3) is 2.58. The molecule has 0 spiro atoms. The standard InChI is InChI=1S/C16H15N9O2/c1-9(6-23-8-18-20-22-23)24-7-17-13-4-12-14(5-11(13)15(24)26)19-21-25(16(12)27)10-2-3-10/h4-5,7-10H,2-3,6H2,1H3. The van der Waals surface area contributed by atoms with Crippen molar-refractivity contribution in [3.05, 3.63) is 45.5 Å². The third-order valence-electron chi connectivity index (χ3n) is 4.80. The molecule has 11 nitrogen and oxygen atoms in total. The van der Waals surface area contributed by atoms with Crippen LogP contribution in [0.1, 0.15) is 31.8 Å². The highest BCUT2D eigenvalue weighted by Gasteiger charge is 2.27. The Morgan fingerprint density at radius 3 is 2.59 bits per heavy atom. The van der Waals surface area contributed by atoms with E-state index in [1.165, 1.54) is 21.9 Å². The van der Waals surface area contributed by atoms with Gasteiger partial charge >= 0.3 is 0 Å². The van der Waals surface area contributed by atoms with Crippen LogP contribution >= 0.6 is 0 Å². The lowest BCUT2D eigenvalue weighted by molar-refractivity contribution is 0.419. The quantitative estimate of drug-likeness (QED) is 0.466. The first kappa shape index (κ1) is 15.7. The molecule has 0 bridgehead atoms. The molecule has 136 valence electrons. The number of rotatable bonds is 4. The number of hydrogen-bond acceptors (Lipinski definition) is 8. The van der Waals surface area contributed by atoms with Gasteiger partial charge in [-0.05, 0) is 42.3 Å². The molecule has 4 aromatic rings. The van der Waals surface area contributed by atoms with E-state index in [-0.39, 0.29) is 23.2 Å². The summed E-state index contributed by atoms with van der Waals surface area (Å²) in [4.78, 5) is 29.9. The van der Waals surface area contributed by atoms with Crippen LogP contribution < -0.4 is 11.1 Å². The number of hydrogen-bond donors (Lipinski definition) is 0. The summed E-state index contributed by atoms with van der Waals surface area (Å²) in [5.41, 5.74) is 0.457. The van der Waals surface area contributed by atoms with E-state index in [1.807, 2.05) is 6.92 Å². The average Bonchev–Trinajstić information content (AvgIpc) is 3.38. The van der Waals surface area contributed by atoms with Gasteiger partial charge in [0.05, 0.1) is 41.2 Å². The maximum absolute atomic E-state index is 12.9. The molecule has 1 aliphatic carbocycles. The molecule has 0 radical (unpaired) electrons. The number of benzene rings is 1. The summed E-state index contributed by atoms with van der Waals surface area (Å²) in [6.07, 6.45) is 4.86. The van der Waals surface area contributed by atoms with Crippen molar-refractivity contribution in [3.8, 4) is 0 Å². The van der Waals surface area contributed by atoms with Crippen LogP contribution in [0, 0.1) is 0 Å². The summed E-state index contributed by atoms with van der Waals surface area (Å²) in [7, 11) is 0. The van der Waals surface area contributed by atoms with Crippen LogP contribution in [-0.4, -0.2) is 44.8 Å². The SMILES string of the molecule is CC(Cn1cnnn1)n1cnc2cc3c(=O)n(C4CC4)nnc3cc2c1=O.